The third-order valence-corrected chi connectivity index (χ3v) is 5.26. The molecule has 1 aromatic rings. The molecule has 1 aromatic heterocycles. The van der Waals surface area contributed by atoms with Gasteiger partial charge in [-0.2, -0.15) is 0 Å². The molecule has 0 aliphatic carbocycles. The molecule has 2 saturated heterocycles. The van der Waals surface area contributed by atoms with Crippen molar-refractivity contribution < 1.29 is 0 Å². The van der Waals surface area contributed by atoms with Crippen LogP contribution in [0, 0.1) is 4.64 Å². The summed E-state index contributed by atoms with van der Waals surface area (Å²) >= 11 is 5.38. The lowest BCUT2D eigenvalue weighted by molar-refractivity contribution is 0.158. The molecule has 2 aliphatic rings. The lowest BCUT2D eigenvalue weighted by Crippen LogP contribution is -2.39. The predicted molar refractivity (Wildman–Crippen MR) is 84.7 cm³/mol. The molecule has 2 unspecified atom stereocenters. The molecule has 0 aromatic carbocycles. The standard InChI is InChI=1S/C16H25N3S/c1-16(2,3)13-9-14(20)18-15(17-13)10-7-11-5-6-12(8-10)19(11)4/h9-12H,5-8H2,1-4H3,(H,17,18,20). The highest BCUT2D eigenvalue weighted by Crippen LogP contribution is 2.41. The van der Waals surface area contributed by atoms with Gasteiger partial charge < -0.3 is 9.88 Å². The highest BCUT2D eigenvalue weighted by atomic mass is 32.1. The van der Waals surface area contributed by atoms with E-state index in [0.717, 1.165) is 22.5 Å². The summed E-state index contributed by atoms with van der Waals surface area (Å²) in [4.78, 5) is 10.8. The van der Waals surface area contributed by atoms with Crippen LogP contribution in [0.3, 0.4) is 0 Å². The van der Waals surface area contributed by atoms with Crippen molar-refractivity contribution >= 4 is 12.2 Å². The number of fused-ring (bicyclic) bond motifs is 2. The topological polar surface area (TPSA) is 31.9 Å². The average molecular weight is 291 g/mol. The van der Waals surface area contributed by atoms with E-state index >= 15 is 0 Å². The Labute approximate surface area is 126 Å². The number of hydrogen-bond donors (Lipinski definition) is 1. The van der Waals surface area contributed by atoms with E-state index in [-0.39, 0.29) is 5.41 Å². The van der Waals surface area contributed by atoms with Crippen LogP contribution in [0.15, 0.2) is 6.07 Å². The summed E-state index contributed by atoms with van der Waals surface area (Å²) in [6, 6.07) is 3.49. The fraction of sp³-hybridized carbons (Fsp3) is 0.750. The summed E-state index contributed by atoms with van der Waals surface area (Å²) in [5.74, 6) is 1.67. The highest BCUT2D eigenvalue weighted by molar-refractivity contribution is 7.71. The molecule has 1 N–H and O–H groups in total. The van der Waals surface area contributed by atoms with Crippen LogP contribution < -0.4 is 0 Å². The van der Waals surface area contributed by atoms with Crippen LogP contribution in [-0.2, 0) is 5.41 Å². The molecule has 2 bridgehead atoms. The second kappa shape index (κ2) is 4.92. The van der Waals surface area contributed by atoms with Crippen molar-refractivity contribution in [3.63, 3.8) is 0 Å². The molecule has 0 saturated carbocycles. The van der Waals surface area contributed by atoms with Crippen molar-refractivity contribution in [2.24, 2.45) is 0 Å². The molecule has 20 heavy (non-hydrogen) atoms. The van der Waals surface area contributed by atoms with E-state index in [1.165, 1.54) is 31.4 Å². The number of H-pyrrole nitrogens is 1. The van der Waals surface area contributed by atoms with Crippen LogP contribution in [-0.4, -0.2) is 34.0 Å². The Kier molecular flexibility index (Phi) is 3.49. The van der Waals surface area contributed by atoms with E-state index in [4.69, 9.17) is 12.2 Å². The molecule has 3 heterocycles. The van der Waals surface area contributed by atoms with E-state index in [1.807, 2.05) is 6.07 Å². The predicted octanol–water partition coefficient (Wildman–Crippen LogP) is 3.78. The normalized spacial score (nSPS) is 30.7. The van der Waals surface area contributed by atoms with Crippen molar-refractivity contribution in [2.75, 3.05) is 7.05 Å². The smallest absolute Gasteiger partial charge is 0.130 e. The zero-order chi connectivity index (χ0) is 14.5. The molecule has 0 spiro atoms. The van der Waals surface area contributed by atoms with Gasteiger partial charge in [-0.1, -0.05) is 33.0 Å². The molecule has 0 amide bonds. The molecule has 4 heteroatoms. The average Bonchev–Trinajstić information content (AvgIpc) is 2.60. The Hall–Kier alpha value is -0.740. The third-order valence-electron chi connectivity index (χ3n) is 5.05. The number of nitrogens with zero attached hydrogens (tertiary/aromatic N) is 2. The number of rotatable bonds is 1. The first-order valence-corrected chi connectivity index (χ1v) is 8.09. The lowest BCUT2D eigenvalue weighted by atomic mass is 9.89. The van der Waals surface area contributed by atoms with E-state index in [9.17, 15) is 0 Å². The first-order chi connectivity index (χ1) is 9.34. The van der Waals surface area contributed by atoms with Gasteiger partial charge in [0.1, 0.15) is 10.5 Å². The number of nitrogens with one attached hydrogen (secondary N) is 1. The fourth-order valence-corrected chi connectivity index (χ4v) is 3.92. The van der Waals surface area contributed by atoms with Crippen LogP contribution in [0.1, 0.15) is 63.9 Å². The SMILES string of the molecule is CN1C2CCC1CC(c1nc(=S)cc(C(C)(C)C)[nH]1)C2. The van der Waals surface area contributed by atoms with Gasteiger partial charge in [0.2, 0.25) is 0 Å². The monoisotopic (exact) mass is 291 g/mol. The van der Waals surface area contributed by atoms with Gasteiger partial charge in [0.05, 0.1) is 0 Å². The minimum absolute atomic E-state index is 0.0929. The number of hydrogen-bond acceptors (Lipinski definition) is 3. The van der Waals surface area contributed by atoms with Crippen LogP contribution >= 0.6 is 12.2 Å². The summed E-state index contributed by atoms with van der Waals surface area (Å²) in [6.07, 6.45) is 5.13. The highest BCUT2D eigenvalue weighted by Gasteiger charge is 2.39. The molecule has 2 fully saturated rings. The van der Waals surface area contributed by atoms with Gasteiger partial charge in [-0.15, -0.1) is 0 Å². The van der Waals surface area contributed by atoms with Crippen LogP contribution in [0.4, 0.5) is 0 Å². The van der Waals surface area contributed by atoms with E-state index in [2.05, 4.69) is 42.7 Å². The van der Waals surface area contributed by atoms with Gasteiger partial charge in [-0.25, -0.2) is 4.98 Å². The van der Waals surface area contributed by atoms with Gasteiger partial charge in [0.15, 0.2) is 0 Å². The molecule has 3 rings (SSSR count). The summed E-state index contributed by atoms with van der Waals surface area (Å²) in [5.41, 5.74) is 1.30. The summed E-state index contributed by atoms with van der Waals surface area (Å²) < 4.78 is 0.731. The van der Waals surface area contributed by atoms with Crippen molar-refractivity contribution in [3.05, 3.63) is 22.2 Å². The van der Waals surface area contributed by atoms with Crippen molar-refractivity contribution in [2.45, 2.75) is 69.9 Å². The third kappa shape index (κ3) is 2.56. The first kappa shape index (κ1) is 14.2. The zero-order valence-electron chi connectivity index (χ0n) is 12.9. The number of aromatic amines is 1. The molecule has 110 valence electrons. The Morgan fingerprint density at radius 3 is 2.40 bits per heavy atom. The Morgan fingerprint density at radius 1 is 1.25 bits per heavy atom. The first-order valence-electron chi connectivity index (χ1n) is 7.68. The molecule has 2 aliphatic heterocycles. The summed E-state index contributed by atoms with van der Waals surface area (Å²) in [7, 11) is 2.28. The van der Waals surface area contributed by atoms with Crippen molar-refractivity contribution in [3.8, 4) is 0 Å². The summed E-state index contributed by atoms with van der Waals surface area (Å²) in [5, 5.41) is 0. The molecule has 0 radical (unpaired) electrons. The van der Waals surface area contributed by atoms with Gasteiger partial charge in [0.25, 0.3) is 0 Å². The maximum atomic E-state index is 5.38. The zero-order valence-corrected chi connectivity index (χ0v) is 13.8. The Bertz CT molecular complexity index is 544. The largest absolute Gasteiger partial charge is 0.346 e. The quantitative estimate of drug-likeness (QED) is 0.799. The lowest BCUT2D eigenvalue weighted by Gasteiger charge is -2.36. The van der Waals surface area contributed by atoms with Gasteiger partial charge in [-0.05, 0) is 38.8 Å². The van der Waals surface area contributed by atoms with Crippen LogP contribution in [0.2, 0.25) is 0 Å². The number of aromatic nitrogens is 2. The maximum absolute atomic E-state index is 5.38. The van der Waals surface area contributed by atoms with E-state index < -0.39 is 0 Å². The maximum Gasteiger partial charge on any atom is 0.130 e. The number of piperidine rings is 1. The van der Waals surface area contributed by atoms with Crippen LogP contribution in [0.5, 0.6) is 0 Å². The van der Waals surface area contributed by atoms with Crippen LogP contribution in [0.25, 0.3) is 0 Å². The minimum atomic E-state index is 0.0929. The molecular formula is C16H25N3S. The van der Waals surface area contributed by atoms with Gasteiger partial charge >= 0.3 is 0 Å². The fourth-order valence-electron chi connectivity index (χ4n) is 3.71. The molecule has 2 atom stereocenters. The Morgan fingerprint density at radius 2 is 1.85 bits per heavy atom. The Balaban J connectivity index is 1.92. The van der Waals surface area contributed by atoms with E-state index in [0.29, 0.717) is 5.92 Å². The van der Waals surface area contributed by atoms with Gasteiger partial charge in [-0.3, -0.25) is 0 Å². The van der Waals surface area contributed by atoms with Gasteiger partial charge in [0, 0.05) is 29.1 Å². The van der Waals surface area contributed by atoms with E-state index in [1.54, 1.807) is 0 Å². The van der Waals surface area contributed by atoms with Crippen molar-refractivity contribution in [1.29, 1.82) is 0 Å². The summed E-state index contributed by atoms with van der Waals surface area (Å²) in [6.45, 7) is 6.65. The second-order valence-electron chi connectivity index (χ2n) is 7.49. The minimum Gasteiger partial charge on any atom is -0.346 e. The molecule has 3 nitrogen and oxygen atoms in total. The van der Waals surface area contributed by atoms with Crippen molar-refractivity contribution in [1.82, 2.24) is 14.9 Å². The second-order valence-corrected chi connectivity index (χ2v) is 7.91. The molecular weight excluding hydrogens is 266 g/mol.